The van der Waals surface area contributed by atoms with Gasteiger partial charge >= 0.3 is 0 Å². The van der Waals surface area contributed by atoms with Crippen LogP contribution in [0.4, 0.5) is 4.39 Å². The van der Waals surface area contributed by atoms with E-state index in [0.717, 1.165) is 24.6 Å². The molecule has 1 saturated carbocycles. The number of aliphatic imine (C=N–C) groups is 1. The van der Waals surface area contributed by atoms with Crippen LogP contribution in [0, 0.1) is 11.2 Å². The minimum Gasteiger partial charge on any atom is -0.491 e. The lowest BCUT2D eigenvalue weighted by Gasteiger charge is -2.38. The molecule has 2 fully saturated rings. The molecule has 4 nitrogen and oxygen atoms in total. The van der Waals surface area contributed by atoms with E-state index in [1.165, 1.54) is 31.7 Å². The van der Waals surface area contributed by atoms with Crippen molar-refractivity contribution in [3.05, 3.63) is 29.6 Å². The normalized spacial score (nSPS) is 19.0. The Bertz CT molecular complexity index is 590. The summed E-state index contributed by atoms with van der Waals surface area (Å²) in [6.45, 7) is 5.06. The maximum Gasteiger partial charge on any atom is 0.193 e. The van der Waals surface area contributed by atoms with E-state index < -0.39 is 0 Å². The molecule has 0 atom stereocenters. The Morgan fingerprint density at radius 3 is 2.71 bits per heavy atom. The van der Waals surface area contributed by atoms with Crippen molar-refractivity contribution >= 4 is 29.9 Å². The summed E-state index contributed by atoms with van der Waals surface area (Å²) in [5, 5.41) is 3.36. The molecule has 6 heteroatoms. The molecule has 2 aliphatic rings. The SMILES string of the molecule is CCOc1ccc(CNC(=NC)N2CCC3(CCC3)C2)cc1F.I. The van der Waals surface area contributed by atoms with Gasteiger partial charge in [0, 0.05) is 26.7 Å². The number of likely N-dealkylation sites (tertiary alicyclic amines) is 1. The second kappa shape index (κ2) is 8.36. The molecular weight excluding hydrogens is 420 g/mol. The average molecular weight is 447 g/mol. The average Bonchev–Trinajstić information content (AvgIpc) is 2.96. The van der Waals surface area contributed by atoms with E-state index in [9.17, 15) is 4.39 Å². The van der Waals surface area contributed by atoms with E-state index in [1.807, 2.05) is 20.0 Å². The molecule has 0 unspecified atom stereocenters. The first-order chi connectivity index (χ1) is 11.2. The van der Waals surface area contributed by atoms with Gasteiger partial charge in [-0.2, -0.15) is 0 Å². The molecule has 1 N–H and O–H groups in total. The largest absolute Gasteiger partial charge is 0.491 e. The number of benzene rings is 1. The number of rotatable bonds is 4. The quantitative estimate of drug-likeness (QED) is 0.434. The van der Waals surface area contributed by atoms with Gasteiger partial charge in [-0.1, -0.05) is 12.5 Å². The fourth-order valence-corrected chi connectivity index (χ4v) is 3.64. The molecule has 3 rings (SSSR count). The van der Waals surface area contributed by atoms with Crippen LogP contribution in [0.2, 0.25) is 0 Å². The van der Waals surface area contributed by atoms with Crippen LogP contribution in [0.5, 0.6) is 5.75 Å². The van der Waals surface area contributed by atoms with Crippen molar-refractivity contribution in [2.45, 2.75) is 39.2 Å². The van der Waals surface area contributed by atoms with Crippen LogP contribution in [0.15, 0.2) is 23.2 Å². The second-order valence-electron chi connectivity index (χ2n) is 6.62. The van der Waals surface area contributed by atoms with E-state index >= 15 is 0 Å². The smallest absolute Gasteiger partial charge is 0.193 e. The molecule has 1 heterocycles. The van der Waals surface area contributed by atoms with Gasteiger partial charge in [-0.3, -0.25) is 4.99 Å². The van der Waals surface area contributed by atoms with Crippen molar-refractivity contribution in [1.82, 2.24) is 10.2 Å². The Morgan fingerprint density at radius 2 is 2.17 bits per heavy atom. The highest BCUT2D eigenvalue weighted by molar-refractivity contribution is 14.0. The fraction of sp³-hybridized carbons (Fsp3) is 0.611. The van der Waals surface area contributed by atoms with Crippen LogP contribution in [0.3, 0.4) is 0 Å². The molecule has 134 valence electrons. The number of nitrogens with zero attached hydrogens (tertiary/aromatic N) is 2. The molecular formula is C18H27FIN3O. The van der Waals surface area contributed by atoms with Crippen molar-refractivity contribution in [3.8, 4) is 5.75 Å². The summed E-state index contributed by atoms with van der Waals surface area (Å²) < 4.78 is 19.1. The van der Waals surface area contributed by atoms with E-state index in [-0.39, 0.29) is 29.8 Å². The van der Waals surface area contributed by atoms with Crippen molar-refractivity contribution in [2.75, 3.05) is 26.7 Å². The van der Waals surface area contributed by atoms with Crippen LogP contribution in [-0.2, 0) is 6.54 Å². The van der Waals surface area contributed by atoms with Crippen LogP contribution in [0.1, 0.15) is 38.2 Å². The standard InChI is InChI=1S/C18H26FN3O.HI/c1-3-23-16-6-5-14(11-15(16)19)12-21-17(20-2)22-10-9-18(13-22)7-4-8-18;/h5-6,11H,3-4,7-10,12-13H2,1-2H3,(H,20,21);1H. The number of guanidine groups is 1. The maximum atomic E-state index is 13.9. The Labute approximate surface area is 160 Å². The summed E-state index contributed by atoms with van der Waals surface area (Å²) in [4.78, 5) is 6.73. The lowest BCUT2D eigenvalue weighted by atomic mass is 9.68. The molecule has 0 radical (unpaired) electrons. The fourth-order valence-electron chi connectivity index (χ4n) is 3.64. The summed E-state index contributed by atoms with van der Waals surface area (Å²) in [5.41, 5.74) is 1.44. The maximum absolute atomic E-state index is 13.9. The zero-order chi connectivity index (χ0) is 16.3. The van der Waals surface area contributed by atoms with Gasteiger partial charge in [0.1, 0.15) is 0 Å². The third-order valence-corrected chi connectivity index (χ3v) is 5.11. The zero-order valence-electron chi connectivity index (χ0n) is 14.5. The van der Waals surface area contributed by atoms with Crippen molar-refractivity contribution < 1.29 is 9.13 Å². The minimum absolute atomic E-state index is 0. The lowest BCUT2D eigenvalue weighted by molar-refractivity contribution is 0.151. The molecule has 1 saturated heterocycles. The summed E-state index contributed by atoms with van der Waals surface area (Å²) in [7, 11) is 1.81. The van der Waals surface area contributed by atoms with Crippen LogP contribution in [-0.4, -0.2) is 37.6 Å². The molecule has 24 heavy (non-hydrogen) atoms. The van der Waals surface area contributed by atoms with Gasteiger partial charge in [-0.05, 0) is 49.3 Å². The monoisotopic (exact) mass is 447 g/mol. The molecule has 1 spiro atoms. The van der Waals surface area contributed by atoms with Crippen LogP contribution >= 0.6 is 24.0 Å². The Morgan fingerprint density at radius 1 is 1.38 bits per heavy atom. The molecule has 1 aromatic carbocycles. The molecule has 0 aromatic heterocycles. The first-order valence-electron chi connectivity index (χ1n) is 8.53. The van der Waals surface area contributed by atoms with E-state index in [2.05, 4.69) is 15.2 Å². The summed E-state index contributed by atoms with van der Waals surface area (Å²) >= 11 is 0. The van der Waals surface area contributed by atoms with E-state index in [0.29, 0.717) is 24.3 Å². The number of hydrogen-bond donors (Lipinski definition) is 1. The lowest BCUT2D eigenvalue weighted by Crippen LogP contribution is -2.42. The van der Waals surface area contributed by atoms with Gasteiger partial charge in [0.2, 0.25) is 0 Å². The van der Waals surface area contributed by atoms with Gasteiger partial charge in [0.25, 0.3) is 0 Å². The summed E-state index contributed by atoms with van der Waals surface area (Å²) in [6, 6.07) is 5.12. The summed E-state index contributed by atoms with van der Waals surface area (Å²) in [5.74, 6) is 0.922. The molecule has 1 aromatic rings. The number of halogens is 2. The number of hydrogen-bond acceptors (Lipinski definition) is 2. The predicted octanol–water partition coefficient (Wildman–Crippen LogP) is 3.79. The molecule has 0 bridgehead atoms. The van der Waals surface area contributed by atoms with Gasteiger partial charge in [0.05, 0.1) is 6.61 Å². The van der Waals surface area contributed by atoms with Crippen molar-refractivity contribution in [3.63, 3.8) is 0 Å². The van der Waals surface area contributed by atoms with E-state index in [1.54, 1.807) is 6.07 Å². The Hall–Kier alpha value is -1.05. The highest BCUT2D eigenvalue weighted by Gasteiger charge is 2.43. The number of ether oxygens (including phenoxy) is 1. The first-order valence-corrected chi connectivity index (χ1v) is 8.53. The molecule has 1 aliphatic heterocycles. The van der Waals surface area contributed by atoms with Crippen LogP contribution < -0.4 is 10.1 Å². The van der Waals surface area contributed by atoms with Gasteiger partial charge in [0.15, 0.2) is 17.5 Å². The highest BCUT2D eigenvalue weighted by Crippen LogP contribution is 2.47. The van der Waals surface area contributed by atoms with Crippen LogP contribution in [0.25, 0.3) is 0 Å². The van der Waals surface area contributed by atoms with Crippen molar-refractivity contribution in [2.24, 2.45) is 10.4 Å². The second-order valence-corrected chi connectivity index (χ2v) is 6.62. The number of nitrogens with one attached hydrogen (secondary N) is 1. The highest BCUT2D eigenvalue weighted by atomic mass is 127. The first kappa shape index (κ1) is 19.3. The Kier molecular flexibility index (Phi) is 6.71. The minimum atomic E-state index is -0.310. The van der Waals surface area contributed by atoms with Crippen molar-refractivity contribution in [1.29, 1.82) is 0 Å². The zero-order valence-corrected chi connectivity index (χ0v) is 16.8. The topological polar surface area (TPSA) is 36.9 Å². The third-order valence-electron chi connectivity index (χ3n) is 5.11. The van der Waals surface area contributed by atoms with Gasteiger partial charge in [-0.25, -0.2) is 4.39 Å². The molecule has 1 aliphatic carbocycles. The Balaban J connectivity index is 0.00000208. The third kappa shape index (κ3) is 4.13. The predicted molar refractivity (Wildman–Crippen MR) is 106 cm³/mol. The van der Waals surface area contributed by atoms with E-state index in [4.69, 9.17) is 4.74 Å². The summed E-state index contributed by atoms with van der Waals surface area (Å²) in [6.07, 6.45) is 5.34. The van der Waals surface area contributed by atoms with Gasteiger partial charge in [-0.15, -0.1) is 24.0 Å². The molecule has 0 amide bonds. The van der Waals surface area contributed by atoms with Gasteiger partial charge < -0.3 is 15.0 Å².